The Labute approximate surface area is 159 Å². The Morgan fingerprint density at radius 3 is 2.31 bits per heavy atom. The number of aliphatic hydroxyl groups excluding tert-OH is 1. The zero-order valence-corrected chi connectivity index (χ0v) is 15.4. The molecule has 4 heteroatoms. The maximum atomic E-state index is 14.0. The fraction of sp³-hybridized carbons (Fsp3) is 0.0455. The fourth-order valence-electron chi connectivity index (χ4n) is 2.99. The molecule has 128 valence electrons. The summed E-state index contributed by atoms with van der Waals surface area (Å²) < 4.78 is 14.4. The lowest BCUT2D eigenvalue weighted by Gasteiger charge is -2.12. The summed E-state index contributed by atoms with van der Waals surface area (Å²) in [5.74, 6) is -0.307. The quantitative estimate of drug-likeness (QED) is 0.454. The SMILES string of the molecule is OCc1ccc(-c2nc3cc(Br)c(F)cc3cc2-c2ccccc2)cc1. The molecule has 0 radical (unpaired) electrons. The molecule has 0 saturated heterocycles. The third-order valence-electron chi connectivity index (χ3n) is 4.35. The summed E-state index contributed by atoms with van der Waals surface area (Å²) in [6.45, 7) is 0.00317. The molecular weight excluding hydrogens is 393 g/mol. The molecule has 0 aliphatic heterocycles. The first kappa shape index (κ1) is 16.9. The van der Waals surface area contributed by atoms with E-state index in [0.29, 0.717) is 4.47 Å². The molecule has 4 aromatic rings. The number of fused-ring (bicyclic) bond motifs is 1. The highest BCUT2D eigenvalue weighted by Crippen LogP contribution is 2.34. The van der Waals surface area contributed by atoms with Crippen molar-refractivity contribution in [3.8, 4) is 22.4 Å². The Kier molecular flexibility index (Phi) is 4.53. The normalized spacial score (nSPS) is 11.0. The van der Waals surface area contributed by atoms with Crippen LogP contribution in [0.15, 0.2) is 77.3 Å². The van der Waals surface area contributed by atoms with Gasteiger partial charge in [0, 0.05) is 16.5 Å². The molecule has 1 heterocycles. The highest BCUT2D eigenvalue weighted by atomic mass is 79.9. The van der Waals surface area contributed by atoms with E-state index in [1.54, 1.807) is 6.07 Å². The summed E-state index contributed by atoms with van der Waals surface area (Å²) in [4.78, 5) is 4.82. The summed E-state index contributed by atoms with van der Waals surface area (Å²) in [6, 6.07) is 22.8. The predicted octanol–water partition coefficient (Wildman–Crippen LogP) is 5.96. The van der Waals surface area contributed by atoms with Crippen molar-refractivity contribution in [3.63, 3.8) is 0 Å². The number of hydrogen-bond acceptors (Lipinski definition) is 2. The van der Waals surface area contributed by atoms with E-state index in [0.717, 1.165) is 38.9 Å². The van der Waals surface area contributed by atoms with Gasteiger partial charge < -0.3 is 5.11 Å². The third kappa shape index (κ3) is 3.14. The van der Waals surface area contributed by atoms with Crippen molar-refractivity contribution in [1.82, 2.24) is 4.98 Å². The van der Waals surface area contributed by atoms with Gasteiger partial charge in [-0.15, -0.1) is 0 Å². The largest absolute Gasteiger partial charge is 0.392 e. The minimum atomic E-state index is -0.307. The van der Waals surface area contributed by atoms with Crippen LogP contribution in [-0.4, -0.2) is 10.1 Å². The molecule has 0 spiro atoms. The second kappa shape index (κ2) is 6.98. The Hall–Kier alpha value is -2.56. The second-order valence-corrected chi connectivity index (χ2v) is 6.92. The summed E-state index contributed by atoms with van der Waals surface area (Å²) in [5.41, 5.74) is 5.30. The second-order valence-electron chi connectivity index (χ2n) is 6.06. The van der Waals surface area contributed by atoms with Crippen LogP contribution in [0.1, 0.15) is 5.56 Å². The van der Waals surface area contributed by atoms with Crippen LogP contribution in [0.3, 0.4) is 0 Å². The van der Waals surface area contributed by atoms with Gasteiger partial charge in [0.2, 0.25) is 0 Å². The zero-order valence-electron chi connectivity index (χ0n) is 13.8. The summed E-state index contributed by atoms with van der Waals surface area (Å²) in [7, 11) is 0. The molecule has 0 fully saturated rings. The van der Waals surface area contributed by atoms with Crippen molar-refractivity contribution in [2.24, 2.45) is 0 Å². The molecule has 0 aliphatic carbocycles. The van der Waals surface area contributed by atoms with Gasteiger partial charge in [0.15, 0.2) is 0 Å². The predicted molar refractivity (Wildman–Crippen MR) is 106 cm³/mol. The fourth-order valence-corrected chi connectivity index (χ4v) is 3.33. The van der Waals surface area contributed by atoms with Gasteiger partial charge in [-0.2, -0.15) is 0 Å². The van der Waals surface area contributed by atoms with Crippen LogP contribution in [-0.2, 0) is 6.61 Å². The van der Waals surface area contributed by atoms with Gasteiger partial charge in [0.05, 0.1) is 22.3 Å². The molecular formula is C22H15BrFNO. The molecule has 1 N–H and O–H groups in total. The smallest absolute Gasteiger partial charge is 0.138 e. The standard InChI is InChI=1S/C22H15BrFNO/c23-19-12-21-17(11-20(19)24)10-18(15-4-2-1-3-5-15)22(25-21)16-8-6-14(13-26)7-9-16/h1-12,26H,13H2. The lowest BCUT2D eigenvalue weighted by atomic mass is 9.97. The number of aliphatic hydroxyl groups is 1. The van der Waals surface area contributed by atoms with Crippen molar-refractivity contribution < 1.29 is 9.50 Å². The average Bonchev–Trinajstić information content (AvgIpc) is 2.69. The molecule has 2 nitrogen and oxygen atoms in total. The lowest BCUT2D eigenvalue weighted by Crippen LogP contribution is -1.93. The lowest BCUT2D eigenvalue weighted by molar-refractivity contribution is 0.282. The van der Waals surface area contributed by atoms with Crippen molar-refractivity contribution in [2.75, 3.05) is 0 Å². The van der Waals surface area contributed by atoms with E-state index >= 15 is 0 Å². The molecule has 0 bridgehead atoms. The van der Waals surface area contributed by atoms with E-state index in [-0.39, 0.29) is 12.4 Å². The number of hydrogen-bond donors (Lipinski definition) is 1. The van der Waals surface area contributed by atoms with Crippen LogP contribution in [0.2, 0.25) is 0 Å². The van der Waals surface area contributed by atoms with Crippen LogP contribution < -0.4 is 0 Å². The first-order valence-electron chi connectivity index (χ1n) is 8.21. The molecule has 0 atom stereocenters. The Balaban J connectivity index is 2.00. The van der Waals surface area contributed by atoms with Crippen molar-refractivity contribution >= 4 is 26.8 Å². The van der Waals surface area contributed by atoms with Gasteiger partial charge in [0.1, 0.15) is 5.82 Å². The maximum absolute atomic E-state index is 14.0. The number of halogens is 2. The molecule has 3 aromatic carbocycles. The Morgan fingerprint density at radius 2 is 1.62 bits per heavy atom. The summed E-state index contributed by atoms with van der Waals surface area (Å²) in [5, 5.41) is 10.0. The Bertz CT molecular complexity index is 1080. The number of nitrogens with zero attached hydrogens (tertiary/aromatic N) is 1. The van der Waals surface area contributed by atoms with Gasteiger partial charge >= 0.3 is 0 Å². The van der Waals surface area contributed by atoms with Crippen LogP contribution in [0, 0.1) is 5.82 Å². The molecule has 0 unspecified atom stereocenters. The highest BCUT2D eigenvalue weighted by Gasteiger charge is 2.13. The van der Waals surface area contributed by atoms with E-state index in [9.17, 15) is 9.50 Å². The third-order valence-corrected chi connectivity index (χ3v) is 4.96. The van der Waals surface area contributed by atoms with Gasteiger partial charge in [-0.1, -0.05) is 54.6 Å². The Morgan fingerprint density at radius 1 is 0.885 bits per heavy atom. The molecule has 26 heavy (non-hydrogen) atoms. The van der Waals surface area contributed by atoms with Crippen molar-refractivity contribution in [2.45, 2.75) is 6.61 Å². The van der Waals surface area contributed by atoms with Gasteiger partial charge in [0.25, 0.3) is 0 Å². The van der Waals surface area contributed by atoms with Crippen LogP contribution in [0.4, 0.5) is 4.39 Å². The average molecular weight is 408 g/mol. The molecule has 0 aliphatic rings. The van der Waals surface area contributed by atoms with Gasteiger partial charge in [-0.25, -0.2) is 9.37 Å². The van der Waals surface area contributed by atoms with Gasteiger partial charge in [-0.3, -0.25) is 0 Å². The van der Waals surface area contributed by atoms with E-state index in [1.165, 1.54) is 6.07 Å². The monoisotopic (exact) mass is 407 g/mol. The topological polar surface area (TPSA) is 33.1 Å². The molecule has 1 aromatic heterocycles. The minimum Gasteiger partial charge on any atom is -0.392 e. The van der Waals surface area contributed by atoms with E-state index < -0.39 is 0 Å². The number of aromatic nitrogens is 1. The number of rotatable bonds is 3. The first-order valence-corrected chi connectivity index (χ1v) is 9.00. The van der Waals surface area contributed by atoms with Crippen LogP contribution >= 0.6 is 15.9 Å². The van der Waals surface area contributed by atoms with Gasteiger partial charge in [-0.05, 0) is 45.3 Å². The summed E-state index contributed by atoms with van der Waals surface area (Å²) >= 11 is 3.24. The van der Waals surface area contributed by atoms with Crippen LogP contribution in [0.25, 0.3) is 33.3 Å². The van der Waals surface area contributed by atoms with E-state index in [4.69, 9.17) is 4.98 Å². The van der Waals surface area contributed by atoms with Crippen molar-refractivity contribution in [3.05, 3.63) is 88.6 Å². The minimum absolute atomic E-state index is 0.00317. The molecule has 0 saturated carbocycles. The highest BCUT2D eigenvalue weighted by molar-refractivity contribution is 9.10. The zero-order chi connectivity index (χ0) is 18.1. The van der Waals surface area contributed by atoms with E-state index in [1.807, 2.05) is 60.7 Å². The maximum Gasteiger partial charge on any atom is 0.138 e. The molecule has 4 rings (SSSR count). The number of pyridine rings is 1. The first-order chi connectivity index (χ1) is 12.7. The number of benzene rings is 3. The summed E-state index contributed by atoms with van der Waals surface area (Å²) in [6.07, 6.45) is 0. The molecule has 0 amide bonds. The van der Waals surface area contributed by atoms with Crippen LogP contribution in [0.5, 0.6) is 0 Å². The van der Waals surface area contributed by atoms with Crippen molar-refractivity contribution in [1.29, 1.82) is 0 Å². The van der Waals surface area contributed by atoms with E-state index in [2.05, 4.69) is 15.9 Å².